The Morgan fingerprint density at radius 3 is 2.23 bits per heavy atom. The number of amides is 5. The van der Waals surface area contributed by atoms with E-state index >= 15 is 9.59 Å². The summed E-state index contributed by atoms with van der Waals surface area (Å²) in [6.07, 6.45) is 5.97. The maximum Gasteiger partial charge on any atom is 0.250 e. The van der Waals surface area contributed by atoms with E-state index in [2.05, 4.69) is 15.6 Å². The van der Waals surface area contributed by atoms with Crippen LogP contribution in [0.2, 0.25) is 10.0 Å². The van der Waals surface area contributed by atoms with Crippen molar-refractivity contribution in [1.82, 2.24) is 44.4 Å². The average molecular weight is 1050 g/mol. The molecule has 74 heavy (non-hydrogen) atoms. The zero-order valence-corrected chi connectivity index (χ0v) is 44.6. The standard InChI is InChI=1S/C55H67Cl2N9O8/c1-35-53(70)60-45(34-73-7)55(72)62(4)42(26-36-15-20-40(56)21-16-36)29-50(67)59-44-12-8-9-13-46(44)64(6)54(71)39(31-65-25-11-10-14-51(65)68)27-52(69)66(35)32-38-17-22-41(57)28-48(38)74-43-23-18-37(19-24-43)47-30-58-49(63(47)5)33-61(2)3/h10-11,14-25,28,30,35,39,42,44-46H,8-9,12-13,26-27,29,31-34H2,1-7H3,(H,59,67)(H,60,70)/t35-,39?,42-,44-,45-,46-/m0/s1. The number of fused-ring (bicyclic) bond motifs is 1. The van der Waals surface area contributed by atoms with E-state index < -0.39 is 66.2 Å². The summed E-state index contributed by atoms with van der Waals surface area (Å²) in [5.74, 6) is -1.88. The number of ether oxygens (including phenoxy) is 2. The van der Waals surface area contributed by atoms with Crippen LogP contribution >= 0.6 is 23.2 Å². The highest BCUT2D eigenvalue weighted by molar-refractivity contribution is 6.31. The van der Waals surface area contributed by atoms with Gasteiger partial charge in [-0.05, 0) is 100 Å². The second-order valence-electron chi connectivity index (χ2n) is 19.7. The van der Waals surface area contributed by atoms with Crippen molar-refractivity contribution in [2.24, 2.45) is 13.0 Å². The predicted molar refractivity (Wildman–Crippen MR) is 283 cm³/mol. The Balaban J connectivity index is 1.27. The number of benzene rings is 3. The number of pyridine rings is 1. The van der Waals surface area contributed by atoms with Gasteiger partial charge in [-0.1, -0.05) is 60.3 Å². The van der Waals surface area contributed by atoms with Crippen LogP contribution in [0.15, 0.2) is 102 Å². The lowest BCUT2D eigenvalue weighted by Gasteiger charge is -2.40. The molecule has 5 amide bonds. The summed E-state index contributed by atoms with van der Waals surface area (Å²) in [7, 11) is 10.6. The highest BCUT2D eigenvalue weighted by Gasteiger charge is 2.39. The van der Waals surface area contributed by atoms with Gasteiger partial charge in [0.2, 0.25) is 29.5 Å². The van der Waals surface area contributed by atoms with Crippen molar-refractivity contribution < 1.29 is 33.4 Å². The SMILES string of the molecule is COC[C@@H]1NC(=O)[C@H](C)N(Cc2ccc(Cl)cc2Oc2ccc(-c3cnc(CN(C)C)n3C)cc2)C(=O)CC(Cn2ccccc2=O)C(=O)N(C)[C@H]2CCCC[C@@H]2NC(=O)C[C@H](Cc2ccc(Cl)cc2)N(C)C1=O. The summed E-state index contributed by atoms with van der Waals surface area (Å²) >= 11 is 12.8. The number of carbonyl (C=O) groups excluding carboxylic acids is 5. The third-order valence-electron chi connectivity index (χ3n) is 14.1. The van der Waals surface area contributed by atoms with Crippen LogP contribution in [-0.4, -0.2) is 135 Å². The van der Waals surface area contributed by atoms with Crippen LogP contribution in [0.4, 0.5) is 0 Å². The summed E-state index contributed by atoms with van der Waals surface area (Å²) < 4.78 is 15.4. The van der Waals surface area contributed by atoms with Crippen LogP contribution in [0.25, 0.3) is 11.3 Å². The Morgan fingerprint density at radius 1 is 0.811 bits per heavy atom. The molecule has 3 aromatic carbocycles. The zero-order chi connectivity index (χ0) is 53.2. The lowest BCUT2D eigenvalue weighted by atomic mass is 9.88. The minimum Gasteiger partial charge on any atom is -0.457 e. The highest BCUT2D eigenvalue weighted by atomic mass is 35.5. The number of likely N-dealkylation sites (N-methyl/N-ethyl adjacent to an activating group) is 2. The summed E-state index contributed by atoms with van der Waals surface area (Å²) in [5, 5.41) is 6.95. The molecule has 6 atom stereocenters. The van der Waals surface area contributed by atoms with Crippen LogP contribution in [-0.2, 0) is 61.8 Å². The first-order valence-electron chi connectivity index (χ1n) is 24.9. The molecule has 1 aliphatic carbocycles. The molecule has 1 unspecified atom stereocenters. The van der Waals surface area contributed by atoms with Crippen LogP contribution in [0.1, 0.15) is 62.4 Å². The Morgan fingerprint density at radius 2 is 1.53 bits per heavy atom. The fraction of sp³-hybridized carbons (Fsp3) is 0.436. The molecule has 0 bridgehead atoms. The van der Waals surface area contributed by atoms with Crippen molar-refractivity contribution in [3.63, 3.8) is 0 Å². The maximum atomic E-state index is 15.2. The van der Waals surface area contributed by atoms with Crippen molar-refractivity contribution in [1.29, 1.82) is 0 Å². The summed E-state index contributed by atoms with van der Waals surface area (Å²) in [4.78, 5) is 98.1. The van der Waals surface area contributed by atoms with Crippen LogP contribution in [0.3, 0.4) is 0 Å². The molecule has 2 aromatic heterocycles. The summed E-state index contributed by atoms with van der Waals surface area (Å²) in [5.41, 5.74) is 2.80. The molecule has 19 heteroatoms. The largest absolute Gasteiger partial charge is 0.457 e. The van der Waals surface area contributed by atoms with Crippen LogP contribution < -0.4 is 20.9 Å². The van der Waals surface area contributed by atoms with E-state index in [0.717, 1.165) is 35.5 Å². The van der Waals surface area contributed by atoms with Gasteiger partial charge in [0, 0.05) is 93.2 Å². The minimum absolute atomic E-state index is 0.0877. The molecule has 0 radical (unpaired) electrons. The summed E-state index contributed by atoms with van der Waals surface area (Å²) in [6, 6.07) is 20.2. The molecule has 2 N–H and O–H groups in total. The molecule has 394 valence electrons. The first-order valence-corrected chi connectivity index (χ1v) is 25.7. The fourth-order valence-corrected chi connectivity index (χ4v) is 10.2. The monoisotopic (exact) mass is 1050 g/mol. The van der Waals surface area contributed by atoms with Gasteiger partial charge < -0.3 is 48.8 Å². The van der Waals surface area contributed by atoms with Crippen LogP contribution in [0.5, 0.6) is 11.5 Å². The van der Waals surface area contributed by atoms with Gasteiger partial charge in [-0.2, -0.15) is 0 Å². The van der Waals surface area contributed by atoms with Gasteiger partial charge in [0.1, 0.15) is 29.4 Å². The van der Waals surface area contributed by atoms with Crippen molar-refractivity contribution in [3.05, 3.63) is 135 Å². The zero-order valence-electron chi connectivity index (χ0n) is 43.1. The molecular formula is C55H67Cl2N9O8. The third-order valence-corrected chi connectivity index (χ3v) is 14.6. The molecule has 3 heterocycles. The lowest BCUT2D eigenvalue weighted by molar-refractivity contribution is -0.147. The van der Waals surface area contributed by atoms with E-state index in [-0.39, 0.29) is 44.0 Å². The molecule has 5 aromatic rings. The Labute approximate surface area is 442 Å². The highest BCUT2D eigenvalue weighted by Crippen LogP contribution is 2.33. The second-order valence-corrected chi connectivity index (χ2v) is 20.5. The molecule has 1 aliphatic heterocycles. The molecule has 2 fully saturated rings. The van der Waals surface area contributed by atoms with Gasteiger partial charge in [0.25, 0.3) is 5.56 Å². The maximum absolute atomic E-state index is 15.2. The normalized spacial score (nSPS) is 21.8. The van der Waals surface area contributed by atoms with Crippen molar-refractivity contribution in [2.45, 2.75) is 102 Å². The number of carbonyl (C=O) groups is 5. The lowest BCUT2D eigenvalue weighted by Crippen LogP contribution is -2.58. The van der Waals surface area contributed by atoms with Gasteiger partial charge in [0.05, 0.1) is 43.5 Å². The molecule has 1 saturated carbocycles. The van der Waals surface area contributed by atoms with E-state index in [4.69, 9.17) is 32.7 Å². The molecule has 17 nitrogen and oxygen atoms in total. The van der Waals surface area contributed by atoms with Gasteiger partial charge in [-0.15, -0.1) is 0 Å². The number of nitrogens with zero attached hydrogens (tertiary/aromatic N) is 7. The number of imidazole rings is 1. The van der Waals surface area contributed by atoms with Crippen molar-refractivity contribution in [2.75, 3.05) is 41.9 Å². The van der Waals surface area contributed by atoms with Gasteiger partial charge in [-0.3, -0.25) is 28.8 Å². The van der Waals surface area contributed by atoms with E-state index in [1.807, 2.05) is 73.2 Å². The van der Waals surface area contributed by atoms with E-state index in [0.29, 0.717) is 46.5 Å². The molecule has 0 spiro atoms. The number of aromatic nitrogens is 3. The smallest absolute Gasteiger partial charge is 0.250 e. The number of halogens is 2. The molecular weight excluding hydrogens is 986 g/mol. The van der Waals surface area contributed by atoms with Crippen molar-refractivity contribution >= 4 is 52.7 Å². The van der Waals surface area contributed by atoms with Gasteiger partial charge in [0.15, 0.2) is 0 Å². The second kappa shape index (κ2) is 25.1. The average Bonchev–Trinajstić information content (AvgIpc) is 3.73. The molecule has 1 saturated heterocycles. The predicted octanol–water partition coefficient (Wildman–Crippen LogP) is 6.32. The van der Waals surface area contributed by atoms with E-state index in [1.54, 1.807) is 74.6 Å². The van der Waals surface area contributed by atoms with Gasteiger partial charge >= 0.3 is 0 Å². The minimum atomic E-state index is -1.25. The van der Waals surface area contributed by atoms with E-state index in [9.17, 15) is 19.2 Å². The number of methoxy groups -OCH3 is 1. The Kier molecular flexibility index (Phi) is 18.8. The number of rotatable bonds is 13. The quantitative estimate of drug-likeness (QED) is 0.136. The third kappa shape index (κ3) is 13.8. The Bertz CT molecular complexity index is 2840. The van der Waals surface area contributed by atoms with Gasteiger partial charge in [-0.25, -0.2) is 4.98 Å². The Hall–Kier alpha value is -6.53. The molecule has 2 aliphatic rings. The number of hydrogen-bond acceptors (Lipinski definition) is 10. The number of hydrogen-bond donors (Lipinski definition) is 2. The van der Waals surface area contributed by atoms with E-state index in [1.165, 1.54) is 27.5 Å². The molecule has 7 rings (SSSR count). The van der Waals surface area contributed by atoms with Crippen LogP contribution in [0, 0.1) is 5.92 Å². The fourth-order valence-electron chi connectivity index (χ4n) is 9.87. The topological polar surface area (TPSA) is 181 Å². The summed E-state index contributed by atoms with van der Waals surface area (Å²) in [6.45, 7) is 1.67. The first-order chi connectivity index (χ1) is 35.4. The first kappa shape index (κ1) is 55.2. The number of nitrogens with one attached hydrogen (secondary N) is 2. The van der Waals surface area contributed by atoms with Crippen molar-refractivity contribution in [3.8, 4) is 22.8 Å².